The van der Waals surface area contributed by atoms with E-state index >= 15 is 0 Å². The van der Waals surface area contributed by atoms with Crippen LogP contribution < -0.4 is 5.32 Å². The van der Waals surface area contributed by atoms with Crippen molar-refractivity contribution in [3.05, 3.63) is 18.0 Å². The predicted molar refractivity (Wildman–Crippen MR) is 84.9 cm³/mol. The molecular weight excluding hydrogens is 282 g/mol. The van der Waals surface area contributed by atoms with Gasteiger partial charge in [-0.25, -0.2) is 4.79 Å². The van der Waals surface area contributed by atoms with Gasteiger partial charge in [-0.1, -0.05) is 6.42 Å². The summed E-state index contributed by atoms with van der Waals surface area (Å²) < 4.78 is 4.92. The molecule has 1 fully saturated rings. The van der Waals surface area contributed by atoms with Gasteiger partial charge in [-0.2, -0.15) is 0 Å². The van der Waals surface area contributed by atoms with Crippen molar-refractivity contribution >= 4 is 17.6 Å². The minimum Gasteiger partial charge on any atom is -0.461 e. The molecule has 1 atom stereocenters. The van der Waals surface area contributed by atoms with Gasteiger partial charge >= 0.3 is 5.97 Å². The van der Waals surface area contributed by atoms with Crippen molar-refractivity contribution in [2.45, 2.75) is 52.1 Å². The Balaban J connectivity index is 2.00. The first-order valence-corrected chi connectivity index (χ1v) is 7.95. The van der Waals surface area contributed by atoms with Crippen LogP contribution >= 0.6 is 0 Å². The highest BCUT2D eigenvalue weighted by Gasteiger charge is 2.30. The molecule has 1 unspecified atom stereocenters. The summed E-state index contributed by atoms with van der Waals surface area (Å²) in [6.07, 6.45) is 4.70. The molecule has 1 amide bonds. The molecule has 2 N–H and O–H groups in total. The van der Waals surface area contributed by atoms with Crippen LogP contribution in [0.4, 0.5) is 5.69 Å². The molecule has 0 aromatic carbocycles. The van der Waals surface area contributed by atoms with Gasteiger partial charge in [0.05, 0.1) is 18.3 Å². The Kier molecular flexibility index (Phi) is 5.60. The van der Waals surface area contributed by atoms with Crippen LogP contribution in [0.1, 0.15) is 50.5 Å². The molecule has 2 rings (SSSR count). The van der Waals surface area contributed by atoms with Gasteiger partial charge in [-0.05, 0) is 46.2 Å². The summed E-state index contributed by atoms with van der Waals surface area (Å²) in [5, 5.41) is 2.89. The Morgan fingerprint density at radius 3 is 2.91 bits per heavy atom. The minimum atomic E-state index is -0.413. The molecule has 1 aliphatic rings. The molecule has 122 valence electrons. The highest BCUT2D eigenvalue weighted by atomic mass is 16.5. The predicted octanol–water partition coefficient (Wildman–Crippen LogP) is 2.39. The second kappa shape index (κ2) is 7.45. The number of nitrogens with zero attached hydrogens (tertiary/aromatic N) is 1. The number of nitrogens with one attached hydrogen (secondary N) is 2. The van der Waals surface area contributed by atoms with Crippen LogP contribution in [0, 0.1) is 0 Å². The summed E-state index contributed by atoms with van der Waals surface area (Å²) in [4.78, 5) is 29.2. The van der Waals surface area contributed by atoms with Crippen LogP contribution in [0.3, 0.4) is 0 Å². The highest BCUT2D eigenvalue weighted by Crippen LogP contribution is 2.21. The summed E-state index contributed by atoms with van der Waals surface area (Å²) in [6, 6.07) is 1.85. The highest BCUT2D eigenvalue weighted by molar-refractivity contribution is 5.96. The lowest BCUT2D eigenvalue weighted by Gasteiger charge is -2.37. The fraction of sp³-hybridized carbons (Fsp3) is 0.625. The summed E-state index contributed by atoms with van der Waals surface area (Å²) >= 11 is 0. The van der Waals surface area contributed by atoms with Crippen molar-refractivity contribution in [2.24, 2.45) is 0 Å². The van der Waals surface area contributed by atoms with E-state index in [1.165, 1.54) is 0 Å². The number of carbonyl (C=O) groups is 2. The molecule has 0 aliphatic carbocycles. The Labute approximate surface area is 131 Å². The number of esters is 1. The fourth-order valence-electron chi connectivity index (χ4n) is 2.87. The zero-order chi connectivity index (χ0) is 16.1. The molecule has 6 nitrogen and oxygen atoms in total. The first-order valence-electron chi connectivity index (χ1n) is 7.95. The lowest BCUT2D eigenvalue weighted by atomic mass is 9.99. The number of anilines is 1. The number of likely N-dealkylation sites (tertiary alicyclic amines) is 1. The van der Waals surface area contributed by atoms with E-state index < -0.39 is 5.97 Å². The number of ether oxygens (including phenoxy) is 1. The van der Waals surface area contributed by atoms with E-state index in [4.69, 9.17) is 4.74 Å². The Hall–Kier alpha value is -1.82. The van der Waals surface area contributed by atoms with E-state index in [1.807, 2.05) is 0 Å². The number of rotatable bonds is 5. The number of piperidine rings is 1. The van der Waals surface area contributed by atoms with Gasteiger partial charge in [0.15, 0.2) is 0 Å². The molecule has 0 bridgehead atoms. The summed E-state index contributed by atoms with van der Waals surface area (Å²) in [6.45, 7) is 7.26. The number of hydrogen-bond acceptors (Lipinski definition) is 4. The first kappa shape index (κ1) is 16.5. The monoisotopic (exact) mass is 307 g/mol. The normalized spacial score (nSPS) is 19.2. The van der Waals surface area contributed by atoms with Gasteiger partial charge in [0, 0.05) is 12.2 Å². The summed E-state index contributed by atoms with van der Waals surface area (Å²) in [7, 11) is 0. The van der Waals surface area contributed by atoms with Gasteiger partial charge in [0.25, 0.3) is 0 Å². The number of aromatic nitrogens is 1. The molecule has 6 heteroatoms. The average molecular weight is 307 g/mol. The van der Waals surface area contributed by atoms with Crippen molar-refractivity contribution in [2.75, 3.05) is 18.5 Å². The largest absolute Gasteiger partial charge is 0.461 e. The molecule has 1 aromatic heterocycles. The second-order valence-electron chi connectivity index (χ2n) is 5.85. The van der Waals surface area contributed by atoms with Gasteiger partial charge in [-0.15, -0.1) is 0 Å². The molecule has 0 radical (unpaired) electrons. The third kappa shape index (κ3) is 3.88. The molecule has 2 heterocycles. The molecule has 1 aliphatic heterocycles. The molecule has 0 saturated carbocycles. The quantitative estimate of drug-likeness (QED) is 0.819. The van der Waals surface area contributed by atoms with Gasteiger partial charge in [-0.3, -0.25) is 9.69 Å². The number of hydrogen-bond donors (Lipinski definition) is 2. The van der Waals surface area contributed by atoms with Crippen LogP contribution in [0.2, 0.25) is 0 Å². The third-order valence-electron chi connectivity index (χ3n) is 3.96. The second-order valence-corrected chi connectivity index (χ2v) is 5.85. The van der Waals surface area contributed by atoms with E-state index in [-0.39, 0.29) is 11.9 Å². The maximum atomic E-state index is 12.5. The van der Waals surface area contributed by atoms with Crippen LogP contribution in [-0.4, -0.2) is 47.0 Å². The zero-order valence-electron chi connectivity index (χ0n) is 13.5. The van der Waals surface area contributed by atoms with Crippen molar-refractivity contribution in [3.8, 4) is 0 Å². The maximum Gasteiger partial charge on any atom is 0.354 e. The van der Waals surface area contributed by atoms with E-state index in [1.54, 1.807) is 19.2 Å². The fourth-order valence-corrected chi connectivity index (χ4v) is 2.87. The number of carbonyl (C=O) groups excluding carboxylic acids is 2. The van der Waals surface area contributed by atoms with Crippen LogP contribution in [-0.2, 0) is 9.53 Å². The summed E-state index contributed by atoms with van der Waals surface area (Å²) in [5.74, 6) is -0.424. The summed E-state index contributed by atoms with van der Waals surface area (Å²) in [5.41, 5.74) is 0.948. The van der Waals surface area contributed by atoms with E-state index in [2.05, 4.69) is 29.0 Å². The van der Waals surface area contributed by atoms with Crippen molar-refractivity contribution in [1.29, 1.82) is 0 Å². The number of H-pyrrole nitrogens is 1. The number of aromatic amines is 1. The standard InChI is InChI=1S/C16H25N3O3/c1-4-22-16(21)13-9-12(10-17-13)18-15(20)14-7-5-6-8-19(14)11(2)3/h9-11,14,17H,4-8H2,1-3H3,(H,18,20). The topological polar surface area (TPSA) is 74.4 Å². The molecular formula is C16H25N3O3. The number of amides is 1. The third-order valence-corrected chi connectivity index (χ3v) is 3.96. The van der Waals surface area contributed by atoms with E-state index in [0.717, 1.165) is 25.8 Å². The Bertz CT molecular complexity index is 524. The lowest BCUT2D eigenvalue weighted by Crippen LogP contribution is -2.50. The zero-order valence-corrected chi connectivity index (χ0v) is 13.5. The smallest absolute Gasteiger partial charge is 0.354 e. The molecule has 22 heavy (non-hydrogen) atoms. The van der Waals surface area contributed by atoms with Gasteiger partial charge < -0.3 is 15.0 Å². The van der Waals surface area contributed by atoms with Crippen LogP contribution in [0.25, 0.3) is 0 Å². The molecule has 1 saturated heterocycles. The van der Waals surface area contributed by atoms with Gasteiger partial charge in [0.2, 0.25) is 5.91 Å². The van der Waals surface area contributed by atoms with Gasteiger partial charge in [0.1, 0.15) is 5.69 Å². The first-order chi connectivity index (χ1) is 10.5. The Morgan fingerprint density at radius 2 is 2.23 bits per heavy atom. The van der Waals surface area contributed by atoms with E-state index in [0.29, 0.717) is 24.0 Å². The van der Waals surface area contributed by atoms with E-state index in [9.17, 15) is 9.59 Å². The average Bonchev–Trinajstić information content (AvgIpc) is 2.96. The van der Waals surface area contributed by atoms with Crippen LogP contribution in [0.5, 0.6) is 0 Å². The molecule has 0 spiro atoms. The van der Waals surface area contributed by atoms with Crippen LogP contribution in [0.15, 0.2) is 12.3 Å². The SMILES string of the molecule is CCOC(=O)c1cc(NC(=O)C2CCCCN2C(C)C)c[nH]1. The minimum absolute atomic E-state index is 0.0113. The molecule has 1 aromatic rings. The Morgan fingerprint density at radius 1 is 1.45 bits per heavy atom. The maximum absolute atomic E-state index is 12.5. The van der Waals surface area contributed by atoms with Crippen molar-refractivity contribution in [3.63, 3.8) is 0 Å². The van der Waals surface area contributed by atoms with Crippen molar-refractivity contribution in [1.82, 2.24) is 9.88 Å². The lowest BCUT2D eigenvalue weighted by molar-refractivity contribution is -0.123. The van der Waals surface area contributed by atoms with Crippen molar-refractivity contribution < 1.29 is 14.3 Å².